The number of nitrogens with zero attached hydrogens (tertiary/aromatic N) is 1. The number of aromatic amines is 1. The molecule has 0 amide bonds. The fourth-order valence-corrected chi connectivity index (χ4v) is 3.85. The lowest BCUT2D eigenvalue weighted by Gasteiger charge is -2.14. The summed E-state index contributed by atoms with van der Waals surface area (Å²) in [6.07, 6.45) is 5.48. The van der Waals surface area contributed by atoms with Gasteiger partial charge in [0.1, 0.15) is 4.90 Å². The van der Waals surface area contributed by atoms with Crippen molar-refractivity contribution in [3.8, 4) is 0 Å². The van der Waals surface area contributed by atoms with Crippen LogP contribution in [0.2, 0.25) is 0 Å². The van der Waals surface area contributed by atoms with Gasteiger partial charge in [0.2, 0.25) is 10.0 Å². The fourth-order valence-electron chi connectivity index (χ4n) is 2.20. The highest BCUT2D eigenvalue weighted by molar-refractivity contribution is 7.89. The molecule has 0 aliphatic heterocycles. The molecule has 110 valence electrons. The van der Waals surface area contributed by atoms with Gasteiger partial charge in [0, 0.05) is 6.04 Å². The van der Waals surface area contributed by atoms with Crippen molar-refractivity contribution in [2.45, 2.75) is 70.7 Å². The second kappa shape index (κ2) is 7.05. The summed E-state index contributed by atoms with van der Waals surface area (Å²) in [4.78, 5) is 0.285. The van der Waals surface area contributed by atoms with Crippen molar-refractivity contribution in [2.75, 3.05) is 0 Å². The van der Waals surface area contributed by atoms with Crippen molar-refractivity contribution in [2.24, 2.45) is 0 Å². The molecule has 1 rings (SSSR count). The SMILES string of the molecule is CCCCCCC(C)NS(=O)(=O)c1c(C)n[nH]c1C. The standard InChI is InChI=1S/C13H25N3O2S/c1-5-6-7-8-9-10(2)16-19(17,18)13-11(3)14-15-12(13)4/h10,16H,5-9H2,1-4H3,(H,14,15). The number of hydrogen-bond donors (Lipinski definition) is 2. The summed E-state index contributed by atoms with van der Waals surface area (Å²) in [6, 6.07) is -0.0458. The van der Waals surface area contributed by atoms with Crippen molar-refractivity contribution in [3.63, 3.8) is 0 Å². The quantitative estimate of drug-likeness (QED) is 0.722. The number of H-pyrrole nitrogens is 1. The number of rotatable bonds is 8. The van der Waals surface area contributed by atoms with E-state index in [9.17, 15) is 8.42 Å². The number of nitrogens with one attached hydrogen (secondary N) is 2. The van der Waals surface area contributed by atoms with Gasteiger partial charge in [-0.25, -0.2) is 13.1 Å². The molecule has 0 spiro atoms. The van der Waals surface area contributed by atoms with E-state index in [1.54, 1.807) is 13.8 Å². The van der Waals surface area contributed by atoms with E-state index in [4.69, 9.17) is 0 Å². The van der Waals surface area contributed by atoms with Crippen LogP contribution >= 0.6 is 0 Å². The van der Waals surface area contributed by atoms with Gasteiger partial charge >= 0.3 is 0 Å². The molecule has 6 heteroatoms. The number of aromatic nitrogens is 2. The maximum atomic E-state index is 12.3. The molecule has 0 fully saturated rings. The largest absolute Gasteiger partial charge is 0.281 e. The lowest BCUT2D eigenvalue weighted by molar-refractivity contribution is 0.521. The minimum Gasteiger partial charge on any atom is -0.281 e. The third-order valence-electron chi connectivity index (χ3n) is 3.18. The van der Waals surface area contributed by atoms with Crippen LogP contribution in [0.25, 0.3) is 0 Å². The van der Waals surface area contributed by atoms with Crippen LogP contribution in [0.5, 0.6) is 0 Å². The Morgan fingerprint density at radius 1 is 1.26 bits per heavy atom. The van der Waals surface area contributed by atoms with E-state index in [2.05, 4.69) is 21.8 Å². The van der Waals surface area contributed by atoms with Crippen LogP contribution < -0.4 is 4.72 Å². The average Bonchev–Trinajstić information content (AvgIpc) is 2.64. The smallest absolute Gasteiger partial charge is 0.244 e. The maximum absolute atomic E-state index is 12.3. The van der Waals surface area contributed by atoms with Crippen LogP contribution in [0.1, 0.15) is 57.3 Å². The summed E-state index contributed by atoms with van der Waals surface area (Å²) < 4.78 is 27.3. The van der Waals surface area contributed by atoms with Crippen LogP contribution in [-0.4, -0.2) is 24.7 Å². The fraction of sp³-hybridized carbons (Fsp3) is 0.769. The molecule has 1 unspecified atom stereocenters. The predicted octanol–water partition coefficient (Wildman–Crippen LogP) is 2.66. The van der Waals surface area contributed by atoms with E-state index in [0.717, 1.165) is 19.3 Å². The summed E-state index contributed by atoms with van der Waals surface area (Å²) >= 11 is 0. The third-order valence-corrected chi connectivity index (χ3v) is 5.03. The molecule has 0 saturated heterocycles. The van der Waals surface area contributed by atoms with Crippen LogP contribution in [-0.2, 0) is 10.0 Å². The van der Waals surface area contributed by atoms with E-state index < -0.39 is 10.0 Å². The van der Waals surface area contributed by atoms with Crippen LogP contribution in [0.3, 0.4) is 0 Å². The Hall–Kier alpha value is -0.880. The molecule has 2 N–H and O–H groups in total. The Morgan fingerprint density at radius 2 is 1.95 bits per heavy atom. The van der Waals surface area contributed by atoms with Gasteiger partial charge in [0.15, 0.2) is 0 Å². The zero-order valence-electron chi connectivity index (χ0n) is 12.3. The lowest BCUT2D eigenvalue weighted by Crippen LogP contribution is -2.33. The summed E-state index contributed by atoms with van der Waals surface area (Å²) in [5, 5.41) is 6.64. The van der Waals surface area contributed by atoms with E-state index in [1.165, 1.54) is 12.8 Å². The van der Waals surface area contributed by atoms with E-state index in [1.807, 2.05) is 6.92 Å². The average molecular weight is 287 g/mol. The second-order valence-electron chi connectivity index (χ2n) is 5.13. The highest BCUT2D eigenvalue weighted by Gasteiger charge is 2.23. The molecular weight excluding hydrogens is 262 g/mol. The number of sulfonamides is 1. The van der Waals surface area contributed by atoms with Gasteiger partial charge in [-0.15, -0.1) is 0 Å². The van der Waals surface area contributed by atoms with Crippen LogP contribution in [0.4, 0.5) is 0 Å². The summed E-state index contributed by atoms with van der Waals surface area (Å²) in [5.74, 6) is 0. The molecule has 1 aromatic heterocycles. The second-order valence-corrected chi connectivity index (χ2v) is 6.79. The van der Waals surface area contributed by atoms with Gasteiger partial charge in [-0.05, 0) is 27.2 Å². The summed E-state index contributed by atoms with van der Waals surface area (Å²) in [5.41, 5.74) is 1.10. The Kier molecular flexibility index (Phi) is 6.00. The zero-order chi connectivity index (χ0) is 14.5. The molecule has 1 heterocycles. The minimum atomic E-state index is -3.46. The van der Waals surface area contributed by atoms with E-state index in [-0.39, 0.29) is 10.9 Å². The molecule has 0 bridgehead atoms. The van der Waals surface area contributed by atoms with Crippen molar-refractivity contribution in [1.82, 2.24) is 14.9 Å². The molecule has 0 saturated carbocycles. The Balaban J connectivity index is 2.60. The summed E-state index contributed by atoms with van der Waals surface area (Å²) in [6.45, 7) is 7.50. The first kappa shape index (κ1) is 16.2. The van der Waals surface area contributed by atoms with Crippen molar-refractivity contribution >= 4 is 10.0 Å². The normalized spacial score (nSPS) is 13.7. The molecule has 1 aromatic rings. The predicted molar refractivity (Wildman–Crippen MR) is 76.6 cm³/mol. The van der Waals surface area contributed by atoms with Crippen LogP contribution in [0, 0.1) is 13.8 Å². The first-order valence-corrected chi connectivity index (χ1v) is 8.40. The number of aryl methyl sites for hydroxylation is 2. The number of hydrogen-bond acceptors (Lipinski definition) is 3. The Labute approximate surface area is 116 Å². The van der Waals surface area contributed by atoms with E-state index >= 15 is 0 Å². The van der Waals surface area contributed by atoms with Gasteiger partial charge in [0.25, 0.3) is 0 Å². The molecule has 0 aromatic carbocycles. The molecule has 19 heavy (non-hydrogen) atoms. The minimum absolute atomic E-state index is 0.0458. The third kappa shape index (κ3) is 4.62. The molecular formula is C13H25N3O2S. The Morgan fingerprint density at radius 3 is 2.47 bits per heavy atom. The Bertz CT molecular complexity index is 474. The molecule has 0 aliphatic rings. The first-order chi connectivity index (χ1) is 8.88. The molecule has 0 aliphatic carbocycles. The lowest BCUT2D eigenvalue weighted by atomic mass is 10.1. The van der Waals surface area contributed by atoms with Crippen LogP contribution in [0.15, 0.2) is 4.90 Å². The molecule has 5 nitrogen and oxygen atoms in total. The van der Waals surface area contributed by atoms with E-state index in [0.29, 0.717) is 11.4 Å². The van der Waals surface area contributed by atoms with Gasteiger partial charge < -0.3 is 0 Å². The first-order valence-electron chi connectivity index (χ1n) is 6.92. The van der Waals surface area contributed by atoms with Gasteiger partial charge in [-0.3, -0.25) is 5.10 Å². The highest BCUT2D eigenvalue weighted by Crippen LogP contribution is 2.17. The summed E-state index contributed by atoms with van der Waals surface area (Å²) in [7, 11) is -3.46. The zero-order valence-corrected chi connectivity index (χ0v) is 13.1. The maximum Gasteiger partial charge on any atom is 0.244 e. The van der Waals surface area contributed by atoms with Gasteiger partial charge in [-0.1, -0.05) is 32.6 Å². The molecule has 1 atom stereocenters. The van der Waals surface area contributed by atoms with Crippen molar-refractivity contribution in [1.29, 1.82) is 0 Å². The van der Waals surface area contributed by atoms with Crippen molar-refractivity contribution in [3.05, 3.63) is 11.4 Å². The van der Waals surface area contributed by atoms with Crippen molar-refractivity contribution < 1.29 is 8.42 Å². The molecule has 0 radical (unpaired) electrons. The highest BCUT2D eigenvalue weighted by atomic mass is 32.2. The van der Waals surface area contributed by atoms with Gasteiger partial charge in [-0.2, -0.15) is 5.10 Å². The van der Waals surface area contributed by atoms with Gasteiger partial charge in [0.05, 0.1) is 11.4 Å². The topological polar surface area (TPSA) is 74.8 Å². The monoisotopic (exact) mass is 287 g/mol. The number of unbranched alkanes of at least 4 members (excludes halogenated alkanes) is 3.